The molecule has 0 saturated carbocycles. The Kier molecular flexibility index (Phi) is 5.52. The molecule has 1 saturated heterocycles. The van der Waals surface area contributed by atoms with Crippen LogP contribution in [0, 0.1) is 0 Å². The van der Waals surface area contributed by atoms with Crippen molar-refractivity contribution in [2.75, 3.05) is 36.8 Å². The van der Waals surface area contributed by atoms with Crippen molar-refractivity contribution in [2.45, 2.75) is 19.8 Å². The standard InChI is InChI=1S/C23H26N6O2S/c1-2-32(30,31)28-14-8-13-27(15-16-28)23-24-20-12-7-6-11-19(20)22-26-25-21(29(22)23)17-18-9-4-3-5-10-18/h3-7,9-12H,2,8,13-17H2,1H3. The van der Waals surface area contributed by atoms with Gasteiger partial charge in [0.05, 0.1) is 11.3 Å². The molecular weight excluding hydrogens is 424 g/mol. The SMILES string of the molecule is CCS(=O)(=O)N1CCCN(c2nc3ccccc3c3nnc(Cc4ccccc4)n23)CC1. The van der Waals surface area contributed by atoms with Crippen LogP contribution in [0.3, 0.4) is 0 Å². The largest absolute Gasteiger partial charge is 0.340 e. The zero-order valence-electron chi connectivity index (χ0n) is 18.1. The molecule has 0 unspecified atom stereocenters. The lowest BCUT2D eigenvalue weighted by Gasteiger charge is -2.24. The van der Waals surface area contributed by atoms with E-state index in [-0.39, 0.29) is 5.75 Å². The quantitative estimate of drug-likeness (QED) is 0.465. The van der Waals surface area contributed by atoms with Crippen molar-refractivity contribution < 1.29 is 8.42 Å². The molecule has 1 fully saturated rings. The summed E-state index contributed by atoms with van der Waals surface area (Å²) in [5, 5.41) is 10.0. The van der Waals surface area contributed by atoms with Gasteiger partial charge in [0.1, 0.15) is 5.82 Å². The first-order valence-corrected chi connectivity index (χ1v) is 12.6. The van der Waals surface area contributed by atoms with Gasteiger partial charge < -0.3 is 4.90 Å². The number of hydrogen-bond donors (Lipinski definition) is 0. The number of sulfonamides is 1. The average molecular weight is 451 g/mol. The van der Waals surface area contributed by atoms with Crippen molar-refractivity contribution >= 4 is 32.5 Å². The monoisotopic (exact) mass is 450 g/mol. The minimum atomic E-state index is -3.21. The van der Waals surface area contributed by atoms with E-state index >= 15 is 0 Å². The Morgan fingerprint density at radius 1 is 0.906 bits per heavy atom. The van der Waals surface area contributed by atoms with E-state index in [1.807, 2.05) is 46.9 Å². The van der Waals surface area contributed by atoms with E-state index in [1.54, 1.807) is 11.2 Å². The third kappa shape index (κ3) is 3.82. The molecule has 8 nitrogen and oxygen atoms in total. The van der Waals surface area contributed by atoms with Gasteiger partial charge in [0.2, 0.25) is 16.0 Å². The predicted molar refractivity (Wildman–Crippen MR) is 125 cm³/mol. The number of anilines is 1. The normalized spacial score (nSPS) is 16.0. The van der Waals surface area contributed by atoms with Crippen molar-refractivity contribution in [1.82, 2.24) is 23.9 Å². The van der Waals surface area contributed by atoms with Gasteiger partial charge in [0.25, 0.3) is 0 Å². The molecule has 3 heterocycles. The third-order valence-electron chi connectivity index (χ3n) is 6.00. The summed E-state index contributed by atoms with van der Waals surface area (Å²) in [6, 6.07) is 18.1. The van der Waals surface area contributed by atoms with Crippen LogP contribution in [-0.4, -0.2) is 64.2 Å². The first kappa shape index (κ1) is 20.8. The van der Waals surface area contributed by atoms with Crippen LogP contribution in [0.25, 0.3) is 16.6 Å². The molecule has 9 heteroatoms. The molecule has 0 spiro atoms. The Labute approximate surface area is 187 Å². The van der Waals surface area contributed by atoms with Gasteiger partial charge >= 0.3 is 0 Å². The van der Waals surface area contributed by atoms with E-state index < -0.39 is 10.0 Å². The van der Waals surface area contributed by atoms with E-state index in [0.29, 0.717) is 26.1 Å². The van der Waals surface area contributed by atoms with Gasteiger partial charge in [0, 0.05) is 38.0 Å². The number of nitrogens with zero attached hydrogens (tertiary/aromatic N) is 6. The van der Waals surface area contributed by atoms with Crippen molar-refractivity contribution in [3.63, 3.8) is 0 Å². The second-order valence-corrected chi connectivity index (χ2v) is 10.3. The van der Waals surface area contributed by atoms with E-state index in [0.717, 1.165) is 46.9 Å². The van der Waals surface area contributed by atoms with Crippen LogP contribution in [0.2, 0.25) is 0 Å². The average Bonchev–Trinajstić information content (AvgIpc) is 3.07. The second-order valence-electron chi connectivity index (χ2n) is 8.01. The minimum Gasteiger partial charge on any atom is -0.340 e. The van der Waals surface area contributed by atoms with Crippen molar-refractivity contribution in [3.8, 4) is 0 Å². The molecule has 0 radical (unpaired) electrons. The van der Waals surface area contributed by atoms with Crippen LogP contribution in [0.1, 0.15) is 24.7 Å². The van der Waals surface area contributed by atoms with E-state index in [9.17, 15) is 8.42 Å². The molecule has 166 valence electrons. The maximum absolute atomic E-state index is 12.4. The topological polar surface area (TPSA) is 83.7 Å². The van der Waals surface area contributed by atoms with Gasteiger partial charge in [0.15, 0.2) is 5.65 Å². The van der Waals surface area contributed by atoms with Crippen molar-refractivity contribution in [1.29, 1.82) is 0 Å². The number of rotatable bonds is 5. The van der Waals surface area contributed by atoms with Crippen LogP contribution in [0.4, 0.5) is 5.95 Å². The number of benzene rings is 2. The highest BCUT2D eigenvalue weighted by Gasteiger charge is 2.26. The van der Waals surface area contributed by atoms with Gasteiger partial charge in [-0.15, -0.1) is 10.2 Å². The molecule has 2 aromatic carbocycles. The second kappa shape index (κ2) is 8.48. The number of para-hydroxylation sites is 1. The first-order valence-electron chi connectivity index (χ1n) is 11.0. The number of hydrogen-bond acceptors (Lipinski definition) is 6. The number of fused-ring (bicyclic) bond motifs is 3. The fourth-order valence-corrected chi connectivity index (χ4v) is 5.41. The molecule has 1 aliphatic heterocycles. The molecule has 4 aromatic rings. The maximum atomic E-state index is 12.4. The molecule has 5 rings (SSSR count). The van der Waals surface area contributed by atoms with Crippen molar-refractivity contribution in [2.24, 2.45) is 0 Å². The summed E-state index contributed by atoms with van der Waals surface area (Å²) in [6.07, 6.45) is 1.38. The summed E-state index contributed by atoms with van der Waals surface area (Å²) < 4.78 is 28.5. The molecule has 2 aromatic heterocycles. The molecule has 0 atom stereocenters. The lowest BCUT2D eigenvalue weighted by molar-refractivity contribution is 0.434. The fraction of sp³-hybridized carbons (Fsp3) is 0.348. The van der Waals surface area contributed by atoms with Crippen LogP contribution >= 0.6 is 0 Å². The van der Waals surface area contributed by atoms with Gasteiger partial charge in [-0.25, -0.2) is 22.1 Å². The summed E-state index contributed by atoms with van der Waals surface area (Å²) in [5.74, 6) is 1.71. The minimum absolute atomic E-state index is 0.123. The van der Waals surface area contributed by atoms with E-state index in [1.165, 1.54) is 0 Å². The Hall–Kier alpha value is -3.04. The summed E-state index contributed by atoms with van der Waals surface area (Å²) >= 11 is 0. The smallest absolute Gasteiger partial charge is 0.213 e. The summed E-state index contributed by atoms with van der Waals surface area (Å²) in [6.45, 7) is 3.96. The summed E-state index contributed by atoms with van der Waals surface area (Å²) in [4.78, 5) is 7.16. The van der Waals surface area contributed by atoms with Gasteiger partial charge in [-0.2, -0.15) is 0 Å². The lowest BCUT2D eigenvalue weighted by atomic mass is 10.1. The Morgan fingerprint density at radius 3 is 2.50 bits per heavy atom. The lowest BCUT2D eigenvalue weighted by Crippen LogP contribution is -2.36. The maximum Gasteiger partial charge on any atom is 0.213 e. The first-order chi connectivity index (χ1) is 15.6. The predicted octanol–water partition coefficient (Wildman–Crippen LogP) is 2.73. The zero-order valence-corrected chi connectivity index (χ0v) is 18.9. The van der Waals surface area contributed by atoms with Gasteiger partial charge in [-0.05, 0) is 31.0 Å². The third-order valence-corrected chi connectivity index (χ3v) is 7.88. The molecule has 1 aliphatic rings. The Morgan fingerprint density at radius 2 is 1.69 bits per heavy atom. The van der Waals surface area contributed by atoms with Gasteiger partial charge in [-0.3, -0.25) is 0 Å². The van der Waals surface area contributed by atoms with Crippen LogP contribution in [-0.2, 0) is 16.4 Å². The van der Waals surface area contributed by atoms with Gasteiger partial charge in [-0.1, -0.05) is 42.5 Å². The highest BCUT2D eigenvalue weighted by molar-refractivity contribution is 7.89. The van der Waals surface area contributed by atoms with E-state index in [4.69, 9.17) is 4.98 Å². The molecule has 0 N–H and O–H groups in total. The molecule has 0 aliphatic carbocycles. The molecular formula is C23H26N6O2S. The number of aromatic nitrogens is 4. The van der Waals surface area contributed by atoms with Crippen LogP contribution < -0.4 is 4.90 Å². The Bertz CT molecular complexity index is 1350. The van der Waals surface area contributed by atoms with Crippen LogP contribution in [0.5, 0.6) is 0 Å². The highest BCUT2D eigenvalue weighted by atomic mass is 32.2. The Balaban J connectivity index is 1.60. The van der Waals surface area contributed by atoms with E-state index in [2.05, 4.69) is 27.2 Å². The van der Waals surface area contributed by atoms with Crippen LogP contribution in [0.15, 0.2) is 54.6 Å². The molecule has 32 heavy (non-hydrogen) atoms. The zero-order chi connectivity index (χ0) is 22.1. The highest BCUT2D eigenvalue weighted by Crippen LogP contribution is 2.26. The molecule has 0 bridgehead atoms. The summed E-state index contributed by atoms with van der Waals surface area (Å²) in [5.41, 5.74) is 2.78. The molecule has 0 amide bonds. The van der Waals surface area contributed by atoms with Crippen molar-refractivity contribution in [3.05, 3.63) is 66.0 Å². The fourth-order valence-electron chi connectivity index (χ4n) is 4.28. The summed E-state index contributed by atoms with van der Waals surface area (Å²) in [7, 11) is -3.21.